The first-order valence-electron chi connectivity index (χ1n) is 13.3. The largest absolute Gasteiger partial charge is 0.491 e. The lowest BCUT2D eigenvalue weighted by molar-refractivity contribution is 0.144. The van der Waals surface area contributed by atoms with Gasteiger partial charge in [0.15, 0.2) is 5.82 Å². The Balaban J connectivity index is 1.36. The van der Waals surface area contributed by atoms with Crippen molar-refractivity contribution in [1.29, 1.82) is 0 Å². The van der Waals surface area contributed by atoms with Crippen LogP contribution in [0.2, 0.25) is 5.02 Å². The molecule has 1 saturated carbocycles. The van der Waals surface area contributed by atoms with Crippen LogP contribution in [0.15, 0.2) is 22.7 Å². The van der Waals surface area contributed by atoms with E-state index in [2.05, 4.69) is 29.2 Å². The average Bonchev–Trinajstić information content (AvgIpc) is 3.80. The SMILES string of the molecule is Cc1noc(C)c1-c1nc(-c2cc(OC[C@H]3CO3)ccc2Cl)nc(NC2CCN(C3CC3)C(C)C2)c1C. The molecule has 2 unspecified atom stereocenters. The molecule has 0 spiro atoms. The molecule has 196 valence electrons. The number of epoxide rings is 1. The minimum absolute atomic E-state index is 0.172. The molecule has 8 nitrogen and oxygen atoms in total. The van der Waals surface area contributed by atoms with Crippen molar-refractivity contribution in [1.82, 2.24) is 20.0 Å². The van der Waals surface area contributed by atoms with Crippen LogP contribution in [0.5, 0.6) is 5.75 Å². The third kappa shape index (κ3) is 5.19. The van der Waals surface area contributed by atoms with Crippen molar-refractivity contribution in [3.05, 3.63) is 40.2 Å². The second-order valence-corrected chi connectivity index (χ2v) is 11.1. The van der Waals surface area contributed by atoms with Gasteiger partial charge < -0.3 is 19.3 Å². The second-order valence-electron chi connectivity index (χ2n) is 10.7. The number of hydrogen-bond donors (Lipinski definition) is 1. The first kappa shape index (κ1) is 24.6. The molecule has 9 heteroatoms. The van der Waals surface area contributed by atoms with E-state index >= 15 is 0 Å². The lowest BCUT2D eigenvalue weighted by atomic mass is 9.97. The average molecular weight is 524 g/mol. The highest BCUT2D eigenvalue weighted by Crippen LogP contribution is 2.38. The van der Waals surface area contributed by atoms with Gasteiger partial charge in [-0.25, -0.2) is 9.97 Å². The number of halogens is 1. The van der Waals surface area contributed by atoms with Crippen LogP contribution in [0.1, 0.15) is 49.6 Å². The fourth-order valence-corrected chi connectivity index (χ4v) is 5.63. The second kappa shape index (κ2) is 9.89. The number of piperidine rings is 1. The van der Waals surface area contributed by atoms with Crippen molar-refractivity contribution < 1.29 is 14.0 Å². The van der Waals surface area contributed by atoms with Crippen molar-refractivity contribution in [3.8, 4) is 28.4 Å². The van der Waals surface area contributed by atoms with E-state index in [-0.39, 0.29) is 6.10 Å². The minimum Gasteiger partial charge on any atom is -0.491 e. The molecule has 0 radical (unpaired) electrons. The van der Waals surface area contributed by atoms with Crippen LogP contribution >= 0.6 is 11.6 Å². The first-order valence-corrected chi connectivity index (χ1v) is 13.6. The maximum absolute atomic E-state index is 6.68. The molecule has 2 saturated heterocycles. The van der Waals surface area contributed by atoms with E-state index in [0.717, 1.165) is 71.7 Å². The molecule has 3 aliphatic rings. The summed E-state index contributed by atoms with van der Waals surface area (Å²) in [6.07, 6.45) is 5.03. The number of likely N-dealkylation sites (tertiary alicyclic amines) is 1. The lowest BCUT2D eigenvalue weighted by Gasteiger charge is -2.38. The molecular weight excluding hydrogens is 490 g/mol. The number of nitrogens with zero attached hydrogens (tertiary/aromatic N) is 4. The van der Waals surface area contributed by atoms with Gasteiger partial charge in [0.1, 0.15) is 30.0 Å². The first-order chi connectivity index (χ1) is 17.9. The molecule has 1 aliphatic carbocycles. The molecule has 2 aliphatic heterocycles. The number of ether oxygens (including phenoxy) is 2. The van der Waals surface area contributed by atoms with E-state index in [0.29, 0.717) is 35.3 Å². The zero-order chi connectivity index (χ0) is 25.7. The molecule has 6 rings (SSSR count). The molecule has 4 heterocycles. The molecule has 37 heavy (non-hydrogen) atoms. The van der Waals surface area contributed by atoms with Crippen molar-refractivity contribution in [3.63, 3.8) is 0 Å². The van der Waals surface area contributed by atoms with Gasteiger partial charge in [-0.05, 0) is 71.6 Å². The molecular formula is C28H34ClN5O3. The summed E-state index contributed by atoms with van der Waals surface area (Å²) in [6.45, 7) is 10.6. The van der Waals surface area contributed by atoms with E-state index in [9.17, 15) is 0 Å². The predicted molar refractivity (Wildman–Crippen MR) is 143 cm³/mol. The summed E-state index contributed by atoms with van der Waals surface area (Å²) in [4.78, 5) is 12.7. The smallest absolute Gasteiger partial charge is 0.163 e. The fourth-order valence-electron chi connectivity index (χ4n) is 5.42. The number of aromatic nitrogens is 3. The highest BCUT2D eigenvalue weighted by Gasteiger charge is 2.36. The quantitative estimate of drug-likeness (QED) is 0.383. The zero-order valence-electron chi connectivity index (χ0n) is 21.9. The van der Waals surface area contributed by atoms with Crippen molar-refractivity contribution in [2.24, 2.45) is 0 Å². The van der Waals surface area contributed by atoms with E-state index in [1.165, 1.54) is 12.8 Å². The van der Waals surface area contributed by atoms with Gasteiger partial charge in [0.05, 0.1) is 28.6 Å². The van der Waals surface area contributed by atoms with Crippen LogP contribution in [0.4, 0.5) is 5.82 Å². The fraction of sp³-hybridized carbons (Fsp3) is 0.536. The Hall–Kier alpha value is -2.68. The van der Waals surface area contributed by atoms with Gasteiger partial charge in [-0.2, -0.15) is 0 Å². The summed E-state index contributed by atoms with van der Waals surface area (Å²) < 4.78 is 16.7. The number of rotatable bonds is 8. The van der Waals surface area contributed by atoms with Gasteiger partial charge in [0, 0.05) is 35.8 Å². The highest BCUT2D eigenvalue weighted by atomic mass is 35.5. The molecule has 0 amide bonds. The van der Waals surface area contributed by atoms with Gasteiger partial charge in [0.2, 0.25) is 0 Å². The van der Waals surface area contributed by atoms with Crippen molar-refractivity contribution in [2.45, 2.75) is 77.6 Å². The number of aryl methyl sites for hydroxylation is 2. The molecule has 1 N–H and O–H groups in total. The van der Waals surface area contributed by atoms with E-state index in [1.54, 1.807) is 0 Å². The number of anilines is 1. The van der Waals surface area contributed by atoms with Crippen LogP contribution in [0, 0.1) is 20.8 Å². The van der Waals surface area contributed by atoms with Gasteiger partial charge in [0.25, 0.3) is 0 Å². The van der Waals surface area contributed by atoms with Crippen LogP contribution in [-0.2, 0) is 4.74 Å². The van der Waals surface area contributed by atoms with Crippen LogP contribution in [-0.4, -0.2) is 64.0 Å². The van der Waals surface area contributed by atoms with Crippen molar-refractivity contribution >= 4 is 17.4 Å². The Morgan fingerprint density at radius 3 is 2.65 bits per heavy atom. The predicted octanol–water partition coefficient (Wildman–Crippen LogP) is 5.58. The van der Waals surface area contributed by atoms with Crippen LogP contribution in [0.3, 0.4) is 0 Å². The summed E-state index contributed by atoms with van der Waals surface area (Å²) >= 11 is 6.68. The Kier molecular flexibility index (Phi) is 6.59. The molecule has 1 aromatic carbocycles. The summed E-state index contributed by atoms with van der Waals surface area (Å²) in [5.74, 6) is 2.82. The van der Waals surface area contributed by atoms with Crippen molar-refractivity contribution in [2.75, 3.05) is 25.1 Å². The zero-order valence-corrected chi connectivity index (χ0v) is 22.6. The third-order valence-electron chi connectivity index (χ3n) is 7.72. The summed E-state index contributed by atoms with van der Waals surface area (Å²) in [5.41, 5.74) is 4.21. The molecule has 3 aromatic rings. The molecule has 3 fully saturated rings. The summed E-state index contributed by atoms with van der Waals surface area (Å²) in [5, 5.41) is 8.53. The molecule has 3 atom stereocenters. The van der Waals surface area contributed by atoms with E-state index in [4.69, 9.17) is 35.6 Å². The van der Waals surface area contributed by atoms with Gasteiger partial charge in [-0.15, -0.1) is 0 Å². The maximum Gasteiger partial charge on any atom is 0.163 e. The number of hydrogen-bond acceptors (Lipinski definition) is 8. The Bertz CT molecular complexity index is 1280. The summed E-state index contributed by atoms with van der Waals surface area (Å²) in [7, 11) is 0. The number of nitrogens with one attached hydrogen (secondary N) is 1. The topological polar surface area (TPSA) is 88.8 Å². The molecule has 2 aromatic heterocycles. The summed E-state index contributed by atoms with van der Waals surface area (Å²) in [6, 6.07) is 7.30. The van der Waals surface area contributed by atoms with E-state index < -0.39 is 0 Å². The lowest BCUT2D eigenvalue weighted by Crippen LogP contribution is -2.46. The minimum atomic E-state index is 0.172. The normalized spacial score (nSPS) is 23.8. The van der Waals surface area contributed by atoms with Gasteiger partial charge in [-0.3, -0.25) is 4.90 Å². The van der Waals surface area contributed by atoms with Crippen LogP contribution in [0.25, 0.3) is 22.6 Å². The maximum atomic E-state index is 6.68. The Labute approximate surface area is 222 Å². The van der Waals surface area contributed by atoms with Gasteiger partial charge >= 0.3 is 0 Å². The standard InChI is InChI=1S/C28H34ClN5O3/c1-15-11-19(9-10-34(15)20-5-6-20)30-27-16(2)26(25-17(3)33-37-18(25)4)31-28(32-27)23-12-21(7-8-24(23)29)35-13-22-14-36-22/h7-8,12,15,19-20,22H,5-6,9-11,13-14H2,1-4H3,(H,30,31,32)/t15?,19?,22-/m0/s1. The Morgan fingerprint density at radius 1 is 1.16 bits per heavy atom. The molecule has 0 bridgehead atoms. The van der Waals surface area contributed by atoms with E-state index in [1.807, 2.05) is 32.0 Å². The third-order valence-corrected chi connectivity index (χ3v) is 8.05. The monoisotopic (exact) mass is 523 g/mol. The van der Waals surface area contributed by atoms with Gasteiger partial charge in [-0.1, -0.05) is 16.8 Å². The number of benzene rings is 1. The van der Waals surface area contributed by atoms with Crippen LogP contribution < -0.4 is 10.1 Å². The highest BCUT2D eigenvalue weighted by molar-refractivity contribution is 6.33. The Morgan fingerprint density at radius 2 is 1.97 bits per heavy atom.